The van der Waals surface area contributed by atoms with Crippen LogP contribution in [0.1, 0.15) is 11.5 Å². The molecule has 3 rings (SSSR count). The van der Waals surface area contributed by atoms with Gasteiger partial charge in [0, 0.05) is 24.1 Å². The second-order valence-electron chi connectivity index (χ2n) is 4.69. The molecule has 3 aromatic rings. The van der Waals surface area contributed by atoms with E-state index in [1.54, 1.807) is 0 Å². The molecule has 0 atom stereocenters. The zero-order valence-corrected chi connectivity index (χ0v) is 12.0. The molecule has 0 radical (unpaired) electrons. The SMILES string of the molecule is Cc1ccc2nc(CCCl)n(-c3cc(F)ccc3F)c2n1. The van der Waals surface area contributed by atoms with E-state index < -0.39 is 11.6 Å². The van der Waals surface area contributed by atoms with Crippen LogP contribution in [-0.4, -0.2) is 20.4 Å². The Morgan fingerprint density at radius 3 is 2.71 bits per heavy atom. The smallest absolute Gasteiger partial charge is 0.165 e. The van der Waals surface area contributed by atoms with E-state index in [-0.39, 0.29) is 5.69 Å². The first-order valence-corrected chi connectivity index (χ1v) is 7.00. The van der Waals surface area contributed by atoms with E-state index >= 15 is 0 Å². The van der Waals surface area contributed by atoms with Crippen LogP contribution in [-0.2, 0) is 6.42 Å². The molecule has 1 aromatic carbocycles. The Bertz CT molecular complexity index is 814. The van der Waals surface area contributed by atoms with Gasteiger partial charge in [-0.3, -0.25) is 4.57 Å². The topological polar surface area (TPSA) is 30.7 Å². The first-order chi connectivity index (χ1) is 10.1. The summed E-state index contributed by atoms with van der Waals surface area (Å²) in [5.41, 5.74) is 2.00. The van der Waals surface area contributed by atoms with Gasteiger partial charge in [-0.15, -0.1) is 11.6 Å². The third-order valence-electron chi connectivity index (χ3n) is 3.18. The average Bonchev–Trinajstić information content (AvgIpc) is 2.79. The molecule has 0 spiro atoms. The Morgan fingerprint density at radius 1 is 1.14 bits per heavy atom. The third-order valence-corrected chi connectivity index (χ3v) is 3.37. The largest absolute Gasteiger partial charge is 0.278 e. The highest BCUT2D eigenvalue weighted by Crippen LogP contribution is 2.24. The number of rotatable bonds is 3. The number of alkyl halides is 1. The van der Waals surface area contributed by atoms with Crippen molar-refractivity contribution in [3.63, 3.8) is 0 Å². The molecule has 108 valence electrons. The van der Waals surface area contributed by atoms with Crippen molar-refractivity contribution in [3.05, 3.63) is 53.5 Å². The summed E-state index contributed by atoms with van der Waals surface area (Å²) in [6.45, 7) is 1.83. The van der Waals surface area contributed by atoms with Gasteiger partial charge in [0.2, 0.25) is 0 Å². The third kappa shape index (κ3) is 2.49. The minimum atomic E-state index is -0.533. The predicted molar refractivity (Wildman–Crippen MR) is 77.9 cm³/mol. The Hall–Kier alpha value is -2.01. The Kier molecular flexibility index (Phi) is 3.59. The van der Waals surface area contributed by atoms with E-state index in [1.165, 1.54) is 4.57 Å². The second kappa shape index (κ2) is 5.41. The Morgan fingerprint density at radius 2 is 1.95 bits per heavy atom. The average molecular weight is 308 g/mol. The van der Waals surface area contributed by atoms with Gasteiger partial charge in [0.25, 0.3) is 0 Å². The van der Waals surface area contributed by atoms with E-state index in [0.717, 1.165) is 23.9 Å². The number of aromatic nitrogens is 3. The molecular formula is C15H12ClF2N3. The van der Waals surface area contributed by atoms with E-state index in [1.807, 2.05) is 19.1 Å². The summed E-state index contributed by atoms with van der Waals surface area (Å²) >= 11 is 5.78. The lowest BCUT2D eigenvalue weighted by Gasteiger charge is -2.09. The van der Waals surface area contributed by atoms with E-state index in [9.17, 15) is 8.78 Å². The van der Waals surface area contributed by atoms with E-state index in [4.69, 9.17) is 11.6 Å². The molecule has 0 N–H and O–H groups in total. The molecule has 0 saturated heterocycles. The van der Waals surface area contributed by atoms with Gasteiger partial charge in [-0.1, -0.05) is 0 Å². The van der Waals surface area contributed by atoms with Crippen LogP contribution >= 0.6 is 11.6 Å². The Balaban J connectivity index is 2.35. The number of nitrogens with zero attached hydrogens (tertiary/aromatic N) is 3. The zero-order valence-electron chi connectivity index (χ0n) is 11.3. The first-order valence-electron chi connectivity index (χ1n) is 6.46. The molecule has 0 fully saturated rings. The van der Waals surface area contributed by atoms with Gasteiger partial charge < -0.3 is 0 Å². The summed E-state index contributed by atoms with van der Waals surface area (Å²) in [6.07, 6.45) is 0.437. The summed E-state index contributed by atoms with van der Waals surface area (Å²) < 4.78 is 29.1. The fourth-order valence-corrected chi connectivity index (χ4v) is 2.43. The van der Waals surface area contributed by atoms with Crippen molar-refractivity contribution in [1.29, 1.82) is 0 Å². The lowest BCUT2D eigenvalue weighted by atomic mass is 10.2. The van der Waals surface area contributed by atoms with Crippen LogP contribution in [0.3, 0.4) is 0 Å². The molecule has 3 nitrogen and oxygen atoms in total. The van der Waals surface area contributed by atoms with Crippen LogP contribution in [0.15, 0.2) is 30.3 Å². The number of pyridine rings is 1. The maximum Gasteiger partial charge on any atom is 0.165 e. The molecular weight excluding hydrogens is 296 g/mol. The lowest BCUT2D eigenvalue weighted by Crippen LogP contribution is -2.06. The second-order valence-corrected chi connectivity index (χ2v) is 5.07. The molecule has 0 aliphatic carbocycles. The summed E-state index contributed by atoms with van der Waals surface area (Å²) in [5, 5.41) is 0. The zero-order chi connectivity index (χ0) is 15.0. The molecule has 0 saturated carbocycles. The standard InChI is InChI=1S/C15H12ClF2N3/c1-9-2-5-12-15(19-9)21(14(20-12)6-7-16)13-8-10(17)3-4-11(13)18/h2-5,8H,6-7H2,1H3. The highest BCUT2D eigenvalue weighted by molar-refractivity contribution is 6.17. The minimum Gasteiger partial charge on any atom is -0.278 e. The fourth-order valence-electron chi connectivity index (χ4n) is 2.26. The van der Waals surface area contributed by atoms with Gasteiger partial charge in [0.15, 0.2) is 5.65 Å². The van der Waals surface area contributed by atoms with Crippen molar-refractivity contribution in [1.82, 2.24) is 14.5 Å². The van der Waals surface area contributed by atoms with Gasteiger partial charge in [0.1, 0.15) is 23.0 Å². The van der Waals surface area contributed by atoms with E-state index in [0.29, 0.717) is 29.3 Å². The van der Waals surface area contributed by atoms with Crippen molar-refractivity contribution in [2.45, 2.75) is 13.3 Å². The van der Waals surface area contributed by atoms with Crippen LogP contribution in [0.25, 0.3) is 16.9 Å². The molecule has 0 aliphatic heterocycles. The predicted octanol–water partition coefficient (Wildman–Crippen LogP) is 3.79. The molecule has 2 aromatic heterocycles. The molecule has 0 amide bonds. The molecule has 0 unspecified atom stereocenters. The number of imidazole rings is 1. The molecule has 2 heterocycles. The number of hydrogen-bond acceptors (Lipinski definition) is 2. The van der Waals surface area contributed by atoms with Crippen molar-refractivity contribution in [2.75, 3.05) is 5.88 Å². The maximum atomic E-state index is 14.1. The quantitative estimate of drug-likeness (QED) is 0.689. The minimum absolute atomic E-state index is 0.0933. The highest BCUT2D eigenvalue weighted by Gasteiger charge is 2.17. The van der Waals surface area contributed by atoms with E-state index in [2.05, 4.69) is 9.97 Å². The van der Waals surface area contributed by atoms with Gasteiger partial charge in [-0.05, 0) is 31.2 Å². The molecule has 21 heavy (non-hydrogen) atoms. The molecule has 0 aliphatic rings. The fraction of sp³-hybridized carbons (Fsp3) is 0.200. The van der Waals surface area contributed by atoms with Crippen LogP contribution in [0, 0.1) is 18.6 Å². The number of halogens is 3. The number of fused-ring (bicyclic) bond motifs is 1. The van der Waals surface area contributed by atoms with Gasteiger partial charge in [-0.2, -0.15) is 0 Å². The highest BCUT2D eigenvalue weighted by atomic mass is 35.5. The summed E-state index contributed by atoms with van der Waals surface area (Å²) in [6, 6.07) is 6.95. The van der Waals surface area contributed by atoms with Crippen LogP contribution < -0.4 is 0 Å². The monoisotopic (exact) mass is 307 g/mol. The van der Waals surface area contributed by atoms with Crippen molar-refractivity contribution >= 4 is 22.8 Å². The van der Waals surface area contributed by atoms with Crippen LogP contribution in [0.4, 0.5) is 8.78 Å². The number of aryl methyl sites for hydroxylation is 2. The molecule has 0 bridgehead atoms. The van der Waals surface area contributed by atoms with Gasteiger partial charge in [-0.25, -0.2) is 18.7 Å². The summed E-state index contributed by atoms with van der Waals surface area (Å²) in [5.74, 6) is -0.158. The number of benzene rings is 1. The first kappa shape index (κ1) is 13.9. The van der Waals surface area contributed by atoms with Crippen molar-refractivity contribution in [3.8, 4) is 5.69 Å². The normalized spacial score (nSPS) is 11.2. The summed E-state index contributed by atoms with van der Waals surface area (Å²) in [4.78, 5) is 8.81. The van der Waals surface area contributed by atoms with Gasteiger partial charge >= 0.3 is 0 Å². The van der Waals surface area contributed by atoms with Gasteiger partial charge in [0.05, 0.1) is 5.69 Å². The van der Waals surface area contributed by atoms with Crippen LogP contribution in [0.5, 0.6) is 0 Å². The van der Waals surface area contributed by atoms with Crippen LogP contribution in [0.2, 0.25) is 0 Å². The molecule has 6 heteroatoms. The lowest BCUT2D eigenvalue weighted by molar-refractivity contribution is 0.591. The van der Waals surface area contributed by atoms with Crippen molar-refractivity contribution in [2.24, 2.45) is 0 Å². The Labute approximate surface area is 125 Å². The van der Waals surface area contributed by atoms with Crippen molar-refractivity contribution < 1.29 is 8.78 Å². The summed E-state index contributed by atoms with van der Waals surface area (Å²) in [7, 11) is 0. The number of hydrogen-bond donors (Lipinski definition) is 0. The maximum absolute atomic E-state index is 14.1.